The number of hydrogen-bond acceptors (Lipinski definition) is 3. The molecule has 0 aliphatic carbocycles. The highest BCUT2D eigenvalue weighted by molar-refractivity contribution is 7.12. The van der Waals surface area contributed by atoms with E-state index in [-0.39, 0.29) is 18.4 Å². The number of rotatable bonds is 4. The van der Waals surface area contributed by atoms with Crippen LogP contribution in [0.15, 0.2) is 24.3 Å². The van der Waals surface area contributed by atoms with Gasteiger partial charge >= 0.3 is 0 Å². The van der Waals surface area contributed by atoms with Crippen LogP contribution in [0.2, 0.25) is 10.0 Å². The standard InChI is InChI=1S/C16H16Cl2N2O2S/c1-9-6-12(10(2)23-9)16(22)20(3)8-15(21)19-11-4-5-13(17)14(18)7-11/h4-7H,8H2,1-3H3,(H,19,21). The first-order valence-electron chi connectivity index (χ1n) is 6.85. The molecule has 0 spiro atoms. The van der Waals surface area contributed by atoms with E-state index in [1.165, 1.54) is 4.90 Å². The second-order valence-electron chi connectivity index (χ2n) is 5.17. The van der Waals surface area contributed by atoms with Crippen molar-refractivity contribution in [2.75, 3.05) is 18.9 Å². The van der Waals surface area contributed by atoms with Crippen molar-refractivity contribution in [3.05, 3.63) is 49.6 Å². The second kappa shape index (κ2) is 7.34. The van der Waals surface area contributed by atoms with Crippen LogP contribution in [0, 0.1) is 13.8 Å². The van der Waals surface area contributed by atoms with Gasteiger partial charge in [-0.15, -0.1) is 11.3 Å². The summed E-state index contributed by atoms with van der Waals surface area (Å²) in [6.07, 6.45) is 0. The predicted octanol–water partition coefficient (Wildman–Crippen LogP) is 4.38. The molecule has 23 heavy (non-hydrogen) atoms. The van der Waals surface area contributed by atoms with E-state index in [0.29, 0.717) is 21.3 Å². The predicted molar refractivity (Wildman–Crippen MR) is 95.8 cm³/mol. The number of amides is 2. The van der Waals surface area contributed by atoms with Crippen LogP contribution in [0.1, 0.15) is 20.1 Å². The van der Waals surface area contributed by atoms with Crippen LogP contribution in [-0.4, -0.2) is 30.3 Å². The summed E-state index contributed by atoms with van der Waals surface area (Å²) in [6, 6.07) is 6.66. The van der Waals surface area contributed by atoms with Gasteiger partial charge in [0.2, 0.25) is 5.91 Å². The highest BCUT2D eigenvalue weighted by Crippen LogP contribution is 2.25. The molecule has 2 rings (SSSR count). The Morgan fingerprint density at radius 2 is 1.87 bits per heavy atom. The highest BCUT2D eigenvalue weighted by atomic mass is 35.5. The van der Waals surface area contributed by atoms with Gasteiger partial charge in [0, 0.05) is 22.5 Å². The third-order valence-electron chi connectivity index (χ3n) is 3.20. The number of nitrogens with zero attached hydrogens (tertiary/aromatic N) is 1. The first kappa shape index (κ1) is 17.8. The number of halogens is 2. The van der Waals surface area contributed by atoms with Gasteiger partial charge in [-0.05, 0) is 38.1 Å². The molecule has 2 amide bonds. The summed E-state index contributed by atoms with van der Waals surface area (Å²) in [5.74, 6) is -0.472. The normalized spacial score (nSPS) is 10.5. The van der Waals surface area contributed by atoms with E-state index in [0.717, 1.165) is 9.75 Å². The number of nitrogens with one attached hydrogen (secondary N) is 1. The Hall–Kier alpha value is -1.56. The Balaban J connectivity index is 2.00. The molecule has 0 atom stereocenters. The minimum atomic E-state index is -0.302. The van der Waals surface area contributed by atoms with Crippen LogP contribution in [0.3, 0.4) is 0 Å². The molecule has 1 N–H and O–H groups in total. The lowest BCUT2D eigenvalue weighted by Gasteiger charge is -2.17. The zero-order valence-corrected chi connectivity index (χ0v) is 15.3. The van der Waals surface area contributed by atoms with Gasteiger partial charge in [0.25, 0.3) is 5.91 Å². The minimum absolute atomic E-state index is 0.0482. The number of anilines is 1. The SMILES string of the molecule is Cc1cc(C(=O)N(C)CC(=O)Nc2ccc(Cl)c(Cl)c2)c(C)s1. The Morgan fingerprint density at radius 3 is 2.43 bits per heavy atom. The molecule has 0 aliphatic heterocycles. The third-order valence-corrected chi connectivity index (χ3v) is 4.91. The van der Waals surface area contributed by atoms with Crippen molar-refractivity contribution in [1.29, 1.82) is 0 Å². The van der Waals surface area contributed by atoms with E-state index in [1.54, 1.807) is 36.6 Å². The maximum absolute atomic E-state index is 12.4. The van der Waals surface area contributed by atoms with E-state index in [2.05, 4.69) is 5.32 Å². The summed E-state index contributed by atoms with van der Waals surface area (Å²) >= 11 is 13.3. The van der Waals surface area contributed by atoms with Gasteiger partial charge < -0.3 is 10.2 Å². The molecule has 0 radical (unpaired) electrons. The first-order valence-corrected chi connectivity index (χ1v) is 8.42. The van der Waals surface area contributed by atoms with E-state index in [4.69, 9.17) is 23.2 Å². The maximum atomic E-state index is 12.4. The Morgan fingerprint density at radius 1 is 1.17 bits per heavy atom. The molecule has 0 fully saturated rings. The molecule has 2 aromatic rings. The Labute approximate surface area is 149 Å². The number of hydrogen-bond donors (Lipinski definition) is 1. The summed E-state index contributed by atoms with van der Waals surface area (Å²) in [5.41, 5.74) is 1.17. The third kappa shape index (κ3) is 4.47. The number of aryl methyl sites for hydroxylation is 2. The number of carbonyl (C=O) groups excluding carboxylic acids is 2. The molecular formula is C16H16Cl2N2O2S. The van der Waals surface area contributed by atoms with Crippen molar-refractivity contribution in [3.63, 3.8) is 0 Å². The summed E-state index contributed by atoms with van der Waals surface area (Å²) < 4.78 is 0. The fourth-order valence-electron chi connectivity index (χ4n) is 2.11. The zero-order chi connectivity index (χ0) is 17.1. The lowest BCUT2D eigenvalue weighted by molar-refractivity contribution is -0.116. The molecule has 1 aromatic heterocycles. The van der Waals surface area contributed by atoms with Crippen LogP contribution < -0.4 is 5.32 Å². The number of benzene rings is 1. The molecule has 0 unspecified atom stereocenters. The largest absolute Gasteiger partial charge is 0.332 e. The highest BCUT2D eigenvalue weighted by Gasteiger charge is 2.18. The van der Waals surface area contributed by atoms with Crippen LogP contribution in [-0.2, 0) is 4.79 Å². The van der Waals surface area contributed by atoms with Gasteiger partial charge in [-0.3, -0.25) is 9.59 Å². The quantitative estimate of drug-likeness (QED) is 0.867. The smallest absolute Gasteiger partial charge is 0.255 e. The van der Waals surface area contributed by atoms with E-state index >= 15 is 0 Å². The monoisotopic (exact) mass is 370 g/mol. The zero-order valence-electron chi connectivity index (χ0n) is 12.9. The summed E-state index contributed by atoms with van der Waals surface area (Å²) in [7, 11) is 1.60. The molecule has 7 heteroatoms. The summed E-state index contributed by atoms with van der Waals surface area (Å²) in [4.78, 5) is 27.9. The van der Waals surface area contributed by atoms with Crippen molar-refractivity contribution in [2.45, 2.75) is 13.8 Å². The number of carbonyl (C=O) groups is 2. The Bertz CT molecular complexity index is 759. The molecule has 0 saturated heterocycles. The van der Waals surface area contributed by atoms with Crippen molar-refractivity contribution in [1.82, 2.24) is 4.90 Å². The summed E-state index contributed by atoms with van der Waals surface area (Å²) in [6.45, 7) is 3.80. The van der Waals surface area contributed by atoms with Crippen molar-refractivity contribution < 1.29 is 9.59 Å². The molecule has 4 nitrogen and oxygen atoms in total. The molecule has 1 aromatic carbocycles. The molecule has 0 aliphatic rings. The van der Waals surface area contributed by atoms with E-state index < -0.39 is 0 Å². The Kier molecular flexibility index (Phi) is 5.68. The van der Waals surface area contributed by atoms with Gasteiger partial charge in [0.1, 0.15) is 0 Å². The molecule has 0 saturated carbocycles. The fraction of sp³-hybridized carbons (Fsp3) is 0.250. The van der Waals surface area contributed by atoms with Crippen molar-refractivity contribution in [3.8, 4) is 0 Å². The average Bonchev–Trinajstić information content (AvgIpc) is 2.80. The topological polar surface area (TPSA) is 49.4 Å². The van der Waals surface area contributed by atoms with Gasteiger partial charge in [-0.1, -0.05) is 23.2 Å². The van der Waals surface area contributed by atoms with Crippen molar-refractivity contribution >= 4 is 52.0 Å². The van der Waals surface area contributed by atoms with Crippen molar-refractivity contribution in [2.24, 2.45) is 0 Å². The molecular weight excluding hydrogens is 355 g/mol. The summed E-state index contributed by atoms with van der Waals surface area (Å²) in [5, 5.41) is 3.47. The van der Waals surface area contributed by atoms with E-state index in [1.807, 2.05) is 19.9 Å². The second-order valence-corrected chi connectivity index (χ2v) is 7.44. The van der Waals surface area contributed by atoms with Gasteiger partial charge in [0.15, 0.2) is 0 Å². The van der Waals surface area contributed by atoms with Crippen LogP contribution in [0.5, 0.6) is 0 Å². The number of thiophene rings is 1. The van der Waals surface area contributed by atoms with E-state index in [9.17, 15) is 9.59 Å². The lowest BCUT2D eigenvalue weighted by Crippen LogP contribution is -2.35. The minimum Gasteiger partial charge on any atom is -0.332 e. The van der Waals surface area contributed by atoms with Crippen LogP contribution in [0.4, 0.5) is 5.69 Å². The first-order chi connectivity index (χ1) is 10.8. The molecule has 122 valence electrons. The van der Waals surface area contributed by atoms with Gasteiger partial charge in [-0.25, -0.2) is 0 Å². The van der Waals surface area contributed by atoms with Gasteiger partial charge in [-0.2, -0.15) is 0 Å². The molecule has 1 heterocycles. The maximum Gasteiger partial charge on any atom is 0.255 e. The van der Waals surface area contributed by atoms with Crippen LogP contribution in [0.25, 0.3) is 0 Å². The fourth-order valence-corrected chi connectivity index (χ4v) is 3.32. The van der Waals surface area contributed by atoms with Crippen LogP contribution >= 0.6 is 34.5 Å². The lowest BCUT2D eigenvalue weighted by atomic mass is 10.2. The number of likely N-dealkylation sites (N-methyl/N-ethyl adjacent to an activating group) is 1. The molecule has 0 bridgehead atoms. The van der Waals surface area contributed by atoms with Gasteiger partial charge in [0.05, 0.1) is 22.2 Å². The average molecular weight is 371 g/mol.